The van der Waals surface area contributed by atoms with Crippen LogP contribution in [0.3, 0.4) is 0 Å². The van der Waals surface area contributed by atoms with E-state index >= 15 is 0 Å². The SMILES string of the molecule is C[C@H]1CN[C@H](O)[C@H](O)[C@@H]1O. The second-order valence-corrected chi connectivity index (χ2v) is 2.81. The van der Waals surface area contributed by atoms with Gasteiger partial charge in [-0.3, -0.25) is 5.32 Å². The molecule has 0 bridgehead atoms. The average molecular weight is 147 g/mol. The standard InChI is InChI=1S/C6H13NO3/c1-3-2-7-6(10)5(9)4(3)8/h3-10H,2H2,1H3/t3-,4+,5+,6+/m0/s1. The monoisotopic (exact) mass is 147 g/mol. The van der Waals surface area contributed by atoms with Crippen molar-refractivity contribution in [1.82, 2.24) is 5.32 Å². The molecule has 10 heavy (non-hydrogen) atoms. The minimum absolute atomic E-state index is 0.00148. The first-order valence-corrected chi connectivity index (χ1v) is 3.40. The summed E-state index contributed by atoms with van der Waals surface area (Å²) in [5, 5.41) is 29.8. The van der Waals surface area contributed by atoms with E-state index in [1.165, 1.54) is 0 Å². The molecule has 4 nitrogen and oxygen atoms in total. The second kappa shape index (κ2) is 2.84. The molecule has 1 aliphatic rings. The summed E-state index contributed by atoms with van der Waals surface area (Å²) in [5.74, 6) is -0.00148. The van der Waals surface area contributed by atoms with E-state index in [0.29, 0.717) is 6.54 Å². The van der Waals surface area contributed by atoms with E-state index in [-0.39, 0.29) is 5.92 Å². The highest BCUT2D eigenvalue weighted by molar-refractivity contribution is 4.84. The van der Waals surface area contributed by atoms with Gasteiger partial charge in [0.05, 0.1) is 6.10 Å². The highest BCUT2D eigenvalue weighted by Gasteiger charge is 2.33. The number of aliphatic hydroxyl groups is 3. The van der Waals surface area contributed by atoms with Gasteiger partial charge in [-0.2, -0.15) is 0 Å². The van der Waals surface area contributed by atoms with Gasteiger partial charge in [0, 0.05) is 6.54 Å². The number of aliphatic hydroxyl groups excluding tert-OH is 3. The van der Waals surface area contributed by atoms with Crippen molar-refractivity contribution in [2.24, 2.45) is 5.92 Å². The summed E-state index contributed by atoms with van der Waals surface area (Å²) in [6.45, 7) is 2.35. The molecule has 4 N–H and O–H groups in total. The fourth-order valence-corrected chi connectivity index (χ4v) is 1.07. The molecule has 0 aromatic heterocycles. The first kappa shape index (κ1) is 7.94. The van der Waals surface area contributed by atoms with Crippen molar-refractivity contribution in [2.45, 2.75) is 25.4 Å². The van der Waals surface area contributed by atoms with E-state index in [1.807, 2.05) is 6.92 Å². The lowest BCUT2D eigenvalue weighted by atomic mass is 9.95. The van der Waals surface area contributed by atoms with Gasteiger partial charge in [-0.05, 0) is 5.92 Å². The van der Waals surface area contributed by atoms with Crippen LogP contribution < -0.4 is 5.32 Å². The average Bonchev–Trinajstić information content (AvgIpc) is 1.93. The first-order valence-electron chi connectivity index (χ1n) is 3.40. The number of piperidine rings is 1. The Labute approximate surface area is 59.5 Å². The maximum atomic E-state index is 9.17. The molecule has 1 rings (SSSR count). The van der Waals surface area contributed by atoms with Crippen LogP contribution in [-0.4, -0.2) is 40.3 Å². The summed E-state index contributed by atoms with van der Waals surface area (Å²) in [5.41, 5.74) is 0. The van der Waals surface area contributed by atoms with Crippen LogP contribution in [0.25, 0.3) is 0 Å². The summed E-state index contributed by atoms with van der Waals surface area (Å²) in [7, 11) is 0. The van der Waals surface area contributed by atoms with Gasteiger partial charge in [-0.1, -0.05) is 6.92 Å². The molecule has 0 unspecified atom stereocenters. The highest BCUT2D eigenvalue weighted by Crippen LogP contribution is 2.13. The zero-order valence-corrected chi connectivity index (χ0v) is 5.86. The van der Waals surface area contributed by atoms with Crippen molar-refractivity contribution < 1.29 is 15.3 Å². The lowest BCUT2D eigenvalue weighted by Crippen LogP contribution is -2.56. The van der Waals surface area contributed by atoms with E-state index in [2.05, 4.69) is 5.32 Å². The fourth-order valence-electron chi connectivity index (χ4n) is 1.07. The zero-order chi connectivity index (χ0) is 7.72. The second-order valence-electron chi connectivity index (χ2n) is 2.81. The summed E-state index contributed by atoms with van der Waals surface area (Å²) in [6, 6.07) is 0. The Morgan fingerprint density at radius 3 is 2.30 bits per heavy atom. The van der Waals surface area contributed by atoms with Crippen LogP contribution in [0.5, 0.6) is 0 Å². The number of nitrogens with one attached hydrogen (secondary N) is 1. The third kappa shape index (κ3) is 1.29. The van der Waals surface area contributed by atoms with Crippen molar-refractivity contribution in [2.75, 3.05) is 6.54 Å². The summed E-state index contributed by atoms with van der Waals surface area (Å²) >= 11 is 0. The molecule has 1 fully saturated rings. The van der Waals surface area contributed by atoms with Gasteiger partial charge in [0.15, 0.2) is 0 Å². The van der Waals surface area contributed by atoms with Crippen LogP contribution in [0, 0.1) is 5.92 Å². The van der Waals surface area contributed by atoms with E-state index in [4.69, 9.17) is 15.3 Å². The Balaban J connectivity index is 2.52. The molecule has 0 amide bonds. The van der Waals surface area contributed by atoms with Crippen LogP contribution in [-0.2, 0) is 0 Å². The van der Waals surface area contributed by atoms with Gasteiger partial charge < -0.3 is 15.3 Å². The lowest BCUT2D eigenvalue weighted by Gasteiger charge is -2.33. The summed E-state index contributed by atoms with van der Waals surface area (Å²) in [6.07, 6.45) is -2.84. The maximum Gasteiger partial charge on any atom is 0.133 e. The van der Waals surface area contributed by atoms with Gasteiger partial charge in [-0.15, -0.1) is 0 Å². The van der Waals surface area contributed by atoms with Crippen LogP contribution in [0.4, 0.5) is 0 Å². The molecular formula is C6H13NO3. The fraction of sp³-hybridized carbons (Fsp3) is 1.00. The molecule has 60 valence electrons. The normalized spacial score (nSPS) is 49.2. The van der Waals surface area contributed by atoms with Gasteiger partial charge in [0.1, 0.15) is 12.3 Å². The third-order valence-corrected chi connectivity index (χ3v) is 1.91. The highest BCUT2D eigenvalue weighted by atomic mass is 16.4. The Bertz CT molecular complexity index is 106. The van der Waals surface area contributed by atoms with Crippen molar-refractivity contribution in [3.8, 4) is 0 Å². The molecule has 1 aliphatic heterocycles. The Morgan fingerprint density at radius 2 is 1.80 bits per heavy atom. The first-order chi connectivity index (χ1) is 4.63. The molecule has 0 aliphatic carbocycles. The smallest absolute Gasteiger partial charge is 0.133 e. The lowest BCUT2D eigenvalue weighted by molar-refractivity contribution is -0.113. The Kier molecular flexibility index (Phi) is 2.25. The molecule has 0 aromatic rings. The van der Waals surface area contributed by atoms with Gasteiger partial charge in [-0.25, -0.2) is 0 Å². The van der Waals surface area contributed by atoms with Crippen molar-refractivity contribution in [3.63, 3.8) is 0 Å². The van der Waals surface area contributed by atoms with Crippen LogP contribution in [0.2, 0.25) is 0 Å². The molecule has 0 spiro atoms. The molecule has 1 heterocycles. The Hall–Kier alpha value is -0.160. The van der Waals surface area contributed by atoms with Gasteiger partial charge in [0.2, 0.25) is 0 Å². The number of rotatable bonds is 0. The van der Waals surface area contributed by atoms with Crippen molar-refractivity contribution >= 4 is 0 Å². The molecule has 1 saturated heterocycles. The van der Waals surface area contributed by atoms with E-state index in [1.54, 1.807) is 0 Å². The largest absolute Gasteiger partial charge is 0.390 e. The molecule has 4 heteroatoms. The quantitative estimate of drug-likeness (QED) is 0.328. The predicted molar refractivity (Wildman–Crippen MR) is 35.2 cm³/mol. The van der Waals surface area contributed by atoms with Crippen molar-refractivity contribution in [1.29, 1.82) is 0 Å². The number of hydrogen-bond acceptors (Lipinski definition) is 4. The Morgan fingerprint density at radius 1 is 1.20 bits per heavy atom. The molecular weight excluding hydrogens is 134 g/mol. The molecule has 0 radical (unpaired) electrons. The topological polar surface area (TPSA) is 72.7 Å². The molecule has 0 saturated carbocycles. The maximum absolute atomic E-state index is 9.17. The van der Waals surface area contributed by atoms with Crippen LogP contribution in [0.1, 0.15) is 6.92 Å². The van der Waals surface area contributed by atoms with E-state index < -0.39 is 18.4 Å². The third-order valence-electron chi connectivity index (χ3n) is 1.91. The van der Waals surface area contributed by atoms with Crippen molar-refractivity contribution in [3.05, 3.63) is 0 Å². The van der Waals surface area contributed by atoms with Crippen LogP contribution >= 0.6 is 0 Å². The summed E-state index contributed by atoms with van der Waals surface area (Å²) < 4.78 is 0. The van der Waals surface area contributed by atoms with Crippen LogP contribution in [0.15, 0.2) is 0 Å². The van der Waals surface area contributed by atoms with Gasteiger partial charge in [0.25, 0.3) is 0 Å². The minimum Gasteiger partial charge on any atom is -0.390 e. The van der Waals surface area contributed by atoms with E-state index in [9.17, 15) is 0 Å². The molecule has 0 aromatic carbocycles. The van der Waals surface area contributed by atoms with Gasteiger partial charge >= 0.3 is 0 Å². The molecule has 4 atom stereocenters. The zero-order valence-electron chi connectivity index (χ0n) is 5.86. The summed E-state index contributed by atoms with van der Waals surface area (Å²) in [4.78, 5) is 0. The minimum atomic E-state index is -1.05. The van der Waals surface area contributed by atoms with E-state index in [0.717, 1.165) is 0 Å². The predicted octanol–water partition coefficient (Wildman–Crippen LogP) is -1.73. The number of hydrogen-bond donors (Lipinski definition) is 4.